The minimum absolute atomic E-state index is 0. The average Bonchev–Trinajstić information content (AvgIpc) is 2.06. The second kappa shape index (κ2) is 9.97. The van der Waals surface area contributed by atoms with Crippen molar-refractivity contribution in [3.05, 3.63) is 0 Å². The standard InChI is InChI=1S/C6H14O6S4.Li.H/c7-15(8,13)11-5-3-1-2-4-6-12-16(9,10)14;;/h1-6H2,(H,7,8,13)(H,9,10,14);;. The molecule has 0 amide bonds. The zero-order chi connectivity index (χ0) is 12.7. The molecule has 0 bridgehead atoms. The van der Waals surface area contributed by atoms with Gasteiger partial charge in [-0.05, 0) is 36.2 Å². The van der Waals surface area contributed by atoms with Gasteiger partial charge >= 0.3 is 37.2 Å². The molecule has 0 aliphatic rings. The second-order valence-corrected chi connectivity index (χ2v) is 7.78. The fourth-order valence-electron chi connectivity index (χ4n) is 0.886. The third kappa shape index (κ3) is 19.6. The van der Waals surface area contributed by atoms with E-state index in [1.807, 2.05) is 0 Å². The zero-order valence-corrected chi connectivity index (χ0v) is 11.8. The van der Waals surface area contributed by atoms with Gasteiger partial charge < -0.3 is 0 Å². The van der Waals surface area contributed by atoms with Crippen molar-refractivity contribution in [2.75, 3.05) is 13.2 Å². The Labute approximate surface area is 124 Å². The molecule has 0 fully saturated rings. The Balaban J connectivity index is 0. The predicted molar refractivity (Wildman–Crippen MR) is 73.3 cm³/mol. The number of unbranched alkanes of at least 4 members (excludes halogenated alkanes) is 3. The maximum absolute atomic E-state index is 10.4. The van der Waals surface area contributed by atoms with Crippen molar-refractivity contribution in [3.8, 4) is 0 Å². The van der Waals surface area contributed by atoms with Crippen LogP contribution in [0.4, 0.5) is 0 Å². The van der Waals surface area contributed by atoms with Gasteiger partial charge in [0.1, 0.15) is 0 Å². The molecule has 0 spiro atoms. The van der Waals surface area contributed by atoms with Crippen molar-refractivity contribution >= 4 is 60.5 Å². The van der Waals surface area contributed by atoms with Crippen LogP contribution in [-0.2, 0) is 26.7 Å². The molecule has 0 saturated carbocycles. The van der Waals surface area contributed by atoms with Gasteiger partial charge in [-0.15, -0.1) is 0 Å². The van der Waals surface area contributed by atoms with Crippen LogP contribution in [0, 0.1) is 0 Å². The second-order valence-electron chi connectivity index (χ2n) is 2.91. The summed E-state index contributed by atoms with van der Waals surface area (Å²) in [5, 5.41) is 0. The number of hydrogen-bond acceptors (Lipinski definition) is 6. The summed E-state index contributed by atoms with van der Waals surface area (Å²) in [6.07, 6.45) is 2.57. The molecular formula is C6H15LiO6S4. The van der Waals surface area contributed by atoms with Gasteiger partial charge in [-0.25, -0.2) is 0 Å². The Hall–Kier alpha value is 1.12. The number of hydrogen-bond donors (Lipinski definition) is 2. The molecule has 11 heteroatoms. The van der Waals surface area contributed by atoms with Gasteiger partial charge in [-0.1, -0.05) is 12.8 Å². The molecule has 0 aromatic rings. The minimum atomic E-state index is -3.66. The molecule has 0 unspecified atom stereocenters. The van der Waals surface area contributed by atoms with Crippen molar-refractivity contribution < 1.29 is 25.2 Å². The van der Waals surface area contributed by atoms with E-state index in [9.17, 15) is 16.8 Å². The first-order chi connectivity index (χ1) is 7.21. The number of thiol groups is 2. The maximum atomic E-state index is 10.4. The van der Waals surface area contributed by atoms with Crippen LogP contribution < -0.4 is 0 Å². The van der Waals surface area contributed by atoms with Gasteiger partial charge in [0, 0.05) is 0 Å². The van der Waals surface area contributed by atoms with E-state index in [1.54, 1.807) is 0 Å². The molecule has 0 radical (unpaired) electrons. The van der Waals surface area contributed by atoms with Crippen molar-refractivity contribution in [3.63, 3.8) is 0 Å². The van der Waals surface area contributed by atoms with Crippen molar-refractivity contribution in [2.24, 2.45) is 0 Å². The van der Waals surface area contributed by atoms with Crippen LogP contribution in [0.2, 0.25) is 0 Å². The van der Waals surface area contributed by atoms with E-state index in [1.165, 1.54) is 0 Å². The molecule has 0 rings (SSSR count). The van der Waals surface area contributed by atoms with Crippen LogP contribution in [-0.4, -0.2) is 48.9 Å². The molecule has 6 nitrogen and oxygen atoms in total. The quantitative estimate of drug-likeness (QED) is 0.275. The van der Waals surface area contributed by atoms with Gasteiger partial charge in [-0.3, -0.25) is 8.37 Å². The van der Waals surface area contributed by atoms with Gasteiger partial charge in [-0.2, -0.15) is 16.8 Å². The van der Waals surface area contributed by atoms with Crippen LogP contribution in [0.15, 0.2) is 0 Å². The first-order valence-corrected chi connectivity index (χ1v) is 9.36. The third-order valence-electron chi connectivity index (χ3n) is 1.50. The Morgan fingerprint density at radius 1 is 0.706 bits per heavy atom. The normalized spacial score (nSPS) is 12.1. The molecule has 17 heavy (non-hydrogen) atoms. The number of rotatable bonds is 9. The van der Waals surface area contributed by atoms with E-state index < -0.39 is 18.3 Å². The van der Waals surface area contributed by atoms with E-state index in [0.717, 1.165) is 12.8 Å². The van der Waals surface area contributed by atoms with Gasteiger partial charge in [0.25, 0.3) is 0 Å². The Morgan fingerprint density at radius 2 is 1.00 bits per heavy atom. The monoisotopic (exact) mass is 318 g/mol. The van der Waals surface area contributed by atoms with Crippen molar-refractivity contribution in [2.45, 2.75) is 25.7 Å². The SMILES string of the molecule is O=S(=O)(S)OCCCCCCOS(=O)(=O)S.[LiH]. The molecule has 0 aliphatic heterocycles. The fourth-order valence-corrected chi connectivity index (χ4v) is 1.99. The average molecular weight is 318 g/mol. The van der Waals surface area contributed by atoms with E-state index in [4.69, 9.17) is 0 Å². The molecule has 0 heterocycles. The summed E-state index contributed by atoms with van der Waals surface area (Å²) in [5.41, 5.74) is 0. The summed E-state index contributed by atoms with van der Waals surface area (Å²) < 4.78 is 50.5. The first-order valence-electron chi connectivity index (χ1n) is 4.44. The summed E-state index contributed by atoms with van der Waals surface area (Å²) in [6, 6.07) is 0. The van der Waals surface area contributed by atoms with Gasteiger partial charge in [0.15, 0.2) is 0 Å². The topological polar surface area (TPSA) is 86.7 Å². The summed E-state index contributed by atoms with van der Waals surface area (Å²) in [4.78, 5) is 0. The molecular weight excluding hydrogens is 303 g/mol. The van der Waals surface area contributed by atoms with Crippen LogP contribution in [0.25, 0.3) is 0 Å². The van der Waals surface area contributed by atoms with Crippen LogP contribution >= 0.6 is 23.3 Å². The predicted octanol–water partition coefficient (Wildman–Crippen LogP) is 0.281. The first kappa shape index (κ1) is 20.4. The van der Waals surface area contributed by atoms with Gasteiger partial charge in [0.2, 0.25) is 0 Å². The van der Waals surface area contributed by atoms with Crippen molar-refractivity contribution in [1.29, 1.82) is 0 Å². The molecule has 0 aromatic carbocycles. The van der Waals surface area contributed by atoms with Crippen LogP contribution in [0.1, 0.15) is 25.7 Å². The molecule has 0 aliphatic carbocycles. The van der Waals surface area contributed by atoms with E-state index in [-0.39, 0.29) is 32.1 Å². The van der Waals surface area contributed by atoms with Crippen molar-refractivity contribution in [1.82, 2.24) is 0 Å². The summed E-state index contributed by atoms with van der Waals surface area (Å²) in [7, 11) is -7.32. The van der Waals surface area contributed by atoms with Crippen LogP contribution in [0.3, 0.4) is 0 Å². The van der Waals surface area contributed by atoms with E-state index in [2.05, 4.69) is 31.7 Å². The summed E-state index contributed by atoms with van der Waals surface area (Å²) in [6.45, 7) is 0.162. The Morgan fingerprint density at radius 3 is 1.24 bits per heavy atom. The fraction of sp³-hybridized carbons (Fsp3) is 1.00. The molecule has 0 aromatic heterocycles. The van der Waals surface area contributed by atoms with E-state index in [0.29, 0.717) is 12.8 Å². The summed E-state index contributed by atoms with van der Waals surface area (Å²) >= 11 is 6.40. The molecule has 100 valence electrons. The van der Waals surface area contributed by atoms with Gasteiger partial charge in [0.05, 0.1) is 13.2 Å². The van der Waals surface area contributed by atoms with E-state index >= 15 is 0 Å². The third-order valence-corrected chi connectivity index (χ3v) is 3.06. The molecule has 0 saturated heterocycles. The zero-order valence-electron chi connectivity index (χ0n) is 8.40. The Kier molecular flexibility index (Phi) is 12.0. The molecule has 0 atom stereocenters. The summed E-state index contributed by atoms with van der Waals surface area (Å²) in [5.74, 6) is 0. The Bertz CT molecular complexity index is 339. The molecule has 0 N–H and O–H groups in total. The van der Waals surface area contributed by atoms with Crippen LogP contribution in [0.5, 0.6) is 0 Å².